The summed E-state index contributed by atoms with van der Waals surface area (Å²) in [6.45, 7) is 8.49. The van der Waals surface area contributed by atoms with Crippen molar-refractivity contribution in [2.24, 2.45) is 0 Å². The fourth-order valence-corrected chi connectivity index (χ4v) is 1.14. The summed E-state index contributed by atoms with van der Waals surface area (Å²) in [5.74, 6) is 0. The van der Waals surface area contributed by atoms with Crippen LogP contribution < -0.4 is 0 Å². The Morgan fingerprint density at radius 1 is 1.31 bits per heavy atom. The predicted octanol–water partition coefficient (Wildman–Crippen LogP) is 3.71. The van der Waals surface area contributed by atoms with Crippen LogP contribution in [0.5, 0.6) is 0 Å². The predicted molar refractivity (Wildman–Crippen MR) is 58.9 cm³/mol. The summed E-state index contributed by atoms with van der Waals surface area (Å²) < 4.78 is 5.16. The maximum Gasteiger partial charge on any atom is 0.0726 e. The van der Waals surface area contributed by atoms with Gasteiger partial charge in [0, 0.05) is 7.11 Å². The van der Waals surface area contributed by atoms with E-state index in [-0.39, 0.29) is 6.10 Å². The van der Waals surface area contributed by atoms with E-state index >= 15 is 0 Å². The fraction of sp³-hybridized carbons (Fsp3) is 0.667. The van der Waals surface area contributed by atoms with Gasteiger partial charge in [0.05, 0.1) is 6.10 Å². The van der Waals surface area contributed by atoms with Crippen molar-refractivity contribution >= 4 is 0 Å². The van der Waals surface area contributed by atoms with Crippen LogP contribution in [0.15, 0.2) is 23.3 Å². The lowest BCUT2D eigenvalue weighted by molar-refractivity contribution is 0.155. The second-order valence-electron chi connectivity index (χ2n) is 3.77. The molecule has 76 valence electrons. The molecule has 1 nitrogen and oxygen atoms in total. The van der Waals surface area contributed by atoms with Gasteiger partial charge in [0.1, 0.15) is 0 Å². The summed E-state index contributed by atoms with van der Waals surface area (Å²) in [4.78, 5) is 0. The van der Waals surface area contributed by atoms with Crippen molar-refractivity contribution < 1.29 is 4.74 Å². The first-order valence-corrected chi connectivity index (χ1v) is 4.89. The van der Waals surface area contributed by atoms with Gasteiger partial charge < -0.3 is 4.74 Å². The quantitative estimate of drug-likeness (QED) is 0.589. The van der Waals surface area contributed by atoms with Gasteiger partial charge in [-0.2, -0.15) is 0 Å². The van der Waals surface area contributed by atoms with E-state index < -0.39 is 0 Å². The highest BCUT2D eigenvalue weighted by Crippen LogP contribution is 2.08. The van der Waals surface area contributed by atoms with Gasteiger partial charge in [-0.25, -0.2) is 0 Å². The molecule has 0 spiro atoms. The van der Waals surface area contributed by atoms with E-state index in [0.29, 0.717) is 0 Å². The average Bonchev–Trinajstić information content (AvgIpc) is 2.03. The minimum atomic E-state index is 0.242. The van der Waals surface area contributed by atoms with Gasteiger partial charge in [0.15, 0.2) is 0 Å². The highest BCUT2D eigenvalue weighted by atomic mass is 16.5. The van der Waals surface area contributed by atoms with E-state index in [1.807, 2.05) is 0 Å². The van der Waals surface area contributed by atoms with Gasteiger partial charge in [-0.3, -0.25) is 0 Å². The number of hydrogen-bond acceptors (Lipinski definition) is 1. The van der Waals surface area contributed by atoms with Gasteiger partial charge in [-0.05, 0) is 40.5 Å². The Balaban J connectivity index is 3.80. The van der Waals surface area contributed by atoms with E-state index in [1.54, 1.807) is 7.11 Å². The van der Waals surface area contributed by atoms with E-state index in [2.05, 4.69) is 39.8 Å². The summed E-state index contributed by atoms with van der Waals surface area (Å²) in [5.41, 5.74) is 2.81. The molecule has 0 aromatic rings. The maximum absolute atomic E-state index is 5.16. The summed E-state index contributed by atoms with van der Waals surface area (Å²) in [7, 11) is 1.74. The third-order valence-electron chi connectivity index (χ3n) is 1.98. The lowest BCUT2D eigenvalue weighted by atomic mass is 10.1. The van der Waals surface area contributed by atoms with Crippen LogP contribution in [0.3, 0.4) is 0 Å². The van der Waals surface area contributed by atoms with Crippen LogP contribution in [0, 0.1) is 0 Å². The van der Waals surface area contributed by atoms with Crippen LogP contribution in [-0.4, -0.2) is 13.2 Å². The van der Waals surface area contributed by atoms with Gasteiger partial charge in [0.25, 0.3) is 0 Å². The molecule has 0 N–H and O–H groups in total. The first-order chi connectivity index (χ1) is 6.06. The molecule has 0 saturated heterocycles. The Kier molecular flexibility index (Phi) is 6.61. The molecular formula is C12H22O. The third kappa shape index (κ3) is 7.79. The monoisotopic (exact) mass is 182 g/mol. The molecule has 1 heteroatoms. The van der Waals surface area contributed by atoms with Crippen LogP contribution in [0.4, 0.5) is 0 Å². The Labute approximate surface area is 82.5 Å². The number of allylic oxidation sites excluding steroid dienone is 3. The second kappa shape index (κ2) is 6.90. The molecule has 0 aliphatic carbocycles. The van der Waals surface area contributed by atoms with Crippen molar-refractivity contribution in [1.82, 2.24) is 0 Å². The van der Waals surface area contributed by atoms with Gasteiger partial charge >= 0.3 is 0 Å². The van der Waals surface area contributed by atoms with Crippen LogP contribution in [0.1, 0.15) is 40.5 Å². The van der Waals surface area contributed by atoms with Crippen LogP contribution in [0.25, 0.3) is 0 Å². The van der Waals surface area contributed by atoms with E-state index in [0.717, 1.165) is 12.8 Å². The van der Waals surface area contributed by atoms with Crippen LogP contribution in [-0.2, 0) is 4.74 Å². The highest BCUT2D eigenvalue weighted by molar-refractivity contribution is 5.04. The zero-order valence-electron chi connectivity index (χ0n) is 9.55. The molecule has 1 atom stereocenters. The normalized spacial score (nSPS) is 14.1. The molecule has 0 aliphatic heterocycles. The molecule has 1 unspecified atom stereocenters. The summed E-state index contributed by atoms with van der Waals surface area (Å²) >= 11 is 0. The second-order valence-corrected chi connectivity index (χ2v) is 3.77. The summed E-state index contributed by atoms with van der Waals surface area (Å²) in [6, 6.07) is 0. The lowest BCUT2D eigenvalue weighted by Crippen LogP contribution is -2.00. The molecule has 0 aromatic carbocycles. The largest absolute Gasteiger partial charge is 0.378 e. The van der Waals surface area contributed by atoms with Crippen molar-refractivity contribution in [2.75, 3.05) is 7.11 Å². The van der Waals surface area contributed by atoms with E-state index in [1.165, 1.54) is 11.1 Å². The first-order valence-electron chi connectivity index (χ1n) is 4.89. The number of rotatable bonds is 5. The van der Waals surface area contributed by atoms with E-state index in [9.17, 15) is 0 Å². The minimum Gasteiger partial charge on any atom is -0.378 e. The van der Waals surface area contributed by atoms with Crippen molar-refractivity contribution in [3.8, 4) is 0 Å². The Hall–Kier alpha value is -0.560. The molecule has 0 aliphatic rings. The molecule has 0 saturated carbocycles. The van der Waals surface area contributed by atoms with Crippen LogP contribution >= 0.6 is 0 Å². The standard InChI is InChI=1S/C12H22O/c1-10(2)7-6-8-11(3)9-12(4)13-5/h7,9,12H,6,8H2,1-5H3/b11-9+. The summed E-state index contributed by atoms with van der Waals surface area (Å²) in [6.07, 6.45) is 6.97. The zero-order chi connectivity index (χ0) is 10.3. The molecule has 13 heavy (non-hydrogen) atoms. The van der Waals surface area contributed by atoms with Crippen molar-refractivity contribution in [1.29, 1.82) is 0 Å². The first kappa shape index (κ1) is 12.4. The molecule has 0 heterocycles. The molecule has 0 bridgehead atoms. The Morgan fingerprint density at radius 2 is 1.92 bits per heavy atom. The smallest absolute Gasteiger partial charge is 0.0726 e. The highest BCUT2D eigenvalue weighted by Gasteiger charge is 1.94. The minimum absolute atomic E-state index is 0.242. The SMILES string of the molecule is COC(C)/C=C(\C)CCC=C(C)C. The molecule has 0 amide bonds. The Morgan fingerprint density at radius 3 is 2.38 bits per heavy atom. The fourth-order valence-electron chi connectivity index (χ4n) is 1.14. The van der Waals surface area contributed by atoms with E-state index in [4.69, 9.17) is 4.74 Å². The lowest BCUT2D eigenvalue weighted by Gasteiger charge is -2.05. The molecule has 0 rings (SSSR count). The van der Waals surface area contributed by atoms with Crippen LogP contribution in [0.2, 0.25) is 0 Å². The molecule has 0 radical (unpaired) electrons. The van der Waals surface area contributed by atoms with Gasteiger partial charge in [-0.15, -0.1) is 0 Å². The zero-order valence-corrected chi connectivity index (χ0v) is 9.55. The van der Waals surface area contributed by atoms with Gasteiger partial charge in [-0.1, -0.05) is 23.3 Å². The van der Waals surface area contributed by atoms with Gasteiger partial charge in [0.2, 0.25) is 0 Å². The topological polar surface area (TPSA) is 9.23 Å². The number of ether oxygens (including phenoxy) is 1. The van der Waals surface area contributed by atoms with Crippen molar-refractivity contribution in [3.63, 3.8) is 0 Å². The van der Waals surface area contributed by atoms with Crippen molar-refractivity contribution in [3.05, 3.63) is 23.3 Å². The number of hydrogen-bond donors (Lipinski definition) is 0. The maximum atomic E-state index is 5.16. The van der Waals surface area contributed by atoms with Crippen molar-refractivity contribution in [2.45, 2.75) is 46.6 Å². The molecule has 0 fully saturated rings. The number of methoxy groups -OCH3 is 1. The summed E-state index contributed by atoms with van der Waals surface area (Å²) in [5, 5.41) is 0. The average molecular weight is 182 g/mol. The molecular weight excluding hydrogens is 160 g/mol. The molecule has 0 aromatic heterocycles. The third-order valence-corrected chi connectivity index (χ3v) is 1.98. The Bertz CT molecular complexity index is 185.